The van der Waals surface area contributed by atoms with E-state index in [2.05, 4.69) is 24.5 Å². The zero-order valence-electron chi connectivity index (χ0n) is 11.8. The Morgan fingerprint density at radius 3 is 2.50 bits per heavy atom. The van der Waals surface area contributed by atoms with Crippen LogP contribution in [0.1, 0.15) is 26.7 Å². The molecule has 1 rings (SSSR count). The number of carbonyl (C=O) groups excluding carboxylic acids is 2. The normalized spacial score (nSPS) is 20.8. The number of hydrogen-bond acceptors (Lipinski definition) is 3. The second-order valence-corrected chi connectivity index (χ2v) is 5.61. The van der Waals surface area contributed by atoms with Gasteiger partial charge in [-0.3, -0.25) is 9.59 Å². The van der Waals surface area contributed by atoms with Gasteiger partial charge in [-0.25, -0.2) is 0 Å². The molecule has 0 aromatic heterocycles. The van der Waals surface area contributed by atoms with E-state index in [1.807, 2.05) is 0 Å². The summed E-state index contributed by atoms with van der Waals surface area (Å²) in [5, 5.41) is 6.06. The van der Waals surface area contributed by atoms with Crippen molar-refractivity contribution in [2.45, 2.75) is 32.7 Å². The van der Waals surface area contributed by atoms with Crippen LogP contribution in [0.15, 0.2) is 0 Å². The maximum atomic E-state index is 12.0. The Labute approximate surface area is 109 Å². The second-order valence-electron chi connectivity index (χ2n) is 5.61. The molecule has 0 aliphatic carbocycles. The van der Waals surface area contributed by atoms with Crippen molar-refractivity contribution in [3.8, 4) is 0 Å². The van der Waals surface area contributed by atoms with Gasteiger partial charge in [-0.2, -0.15) is 0 Å². The molecule has 0 radical (unpaired) electrons. The van der Waals surface area contributed by atoms with Crippen LogP contribution in [0, 0.1) is 11.8 Å². The van der Waals surface area contributed by atoms with Gasteiger partial charge in [0, 0.05) is 20.6 Å². The molecule has 1 heterocycles. The summed E-state index contributed by atoms with van der Waals surface area (Å²) in [5.74, 6) is 0.361. The van der Waals surface area contributed by atoms with Crippen LogP contribution in [-0.2, 0) is 9.59 Å². The van der Waals surface area contributed by atoms with Crippen molar-refractivity contribution in [2.75, 3.05) is 27.2 Å². The quantitative estimate of drug-likeness (QED) is 0.738. The molecule has 1 aliphatic rings. The van der Waals surface area contributed by atoms with Gasteiger partial charge in [-0.05, 0) is 25.3 Å². The zero-order valence-corrected chi connectivity index (χ0v) is 11.8. The van der Waals surface area contributed by atoms with E-state index < -0.39 is 6.04 Å². The maximum Gasteiger partial charge on any atom is 0.244 e. The van der Waals surface area contributed by atoms with Crippen molar-refractivity contribution in [3.05, 3.63) is 0 Å². The topological polar surface area (TPSA) is 61.4 Å². The number of nitrogens with one attached hydrogen (secondary N) is 2. The van der Waals surface area contributed by atoms with Crippen molar-refractivity contribution in [1.29, 1.82) is 0 Å². The van der Waals surface area contributed by atoms with Crippen LogP contribution in [0.3, 0.4) is 0 Å². The third-order valence-electron chi connectivity index (χ3n) is 3.19. The summed E-state index contributed by atoms with van der Waals surface area (Å²) in [6.07, 6.45) is 1.54. The highest BCUT2D eigenvalue weighted by atomic mass is 16.2. The molecule has 2 unspecified atom stereocenters. The summed E-state index contributed by atoms with van der Waals surface area (Å²) < 4.78 is 0. The van der Waals surface area contributed by atoms with Gasteiger partial charge in [0.15, 0.2) is 0 Å². The summed E-state index contributed by atoms with van der Waals surface area (Å²) >= 11 is 0. The van der Waals surface area contributed by atoms with E-state index in [4.69, 9.17) is 0 Å². The van der Waals surface area contributed by atoms with Gasteiger partial charge in [0.1, 0.15) is 6.04 Å². The summed E-state index contributed by atoms with van der Waals surface area (Å²) in [6, 6.07) is -0.395. The molecule has 1 aliphatic heterocycles. The van der Waals surface area contributed by atoms with Crippen LogP contribution in [0.4, 0.5) is 0 Å². The van der Waals surface area contributed by atoms with E-state index in [0.29, 0.717) is 12.3 Å². The first kappa shape index (κ1) is 15.0. The number of amides is 2. The highest BCUT2D eigenvalue weighted by Crippen LogP contribution is 2.11. The Balaban J connectivity index is 2.59. The van der Waals surface area contributed by atoms with Crippen LogP contribution in [0.2, 0.25) is 0 Å². The van der Waals surface area contributed by atoms with Crippen LogP contribution in [0.25, 0.3) is 0 Å². The van der Waals surface area contributed by atoms with Crippen molar-refractivity contribution in [2.24, 2.45) is 11.8 Å². The number of likely N-dealkylation sites (N-methyl/N-ethyl adjacent to an activating group) is 1. The second kappa shape index (κ2) is 6.73. The minimum Gasteiger partial charge on any atom is -0.347 e. The molecule has 2 atom stereocenters. The third-order valence-corrected chi connectivity index (χ3v) is 3.19. The highest BCUT2D eigenvalue weighted by molar-refractivity contribution is 5.88. The minimum absolute atomic E-state index is 0.000787. The summed E-state index contributed by atoms with van der Waals surface area (Å²) in [6.45, 7) is 5.71. The first-order chi connectivity index (χ1) is 8.41. The van der Waals surface area contributed by atoms with Crippen molar-refractivity contribution in [3.63, 3.8) is 0 Å². The summed E-state index contributed by atoms with van der Waals surface area (Å²) in [4.78, 5) is 25.6. The molecule has 1 saturated heterocycles. The predicted octanol–water partition coefficient (Wildman–Crippen LogP) is 0.215. The predicted molar refractivity (Wildman–Crippen MR) is 71.1 cm³/mol. The van der Waals surface area contributed by atoms with Gasteiger partial charge >= 0.3 is 0 Å². The lowest BCUT2D eigenvalue weighted by Gasteiger charge is -2.24. The molecular formula is C13H25N3O2. The Hall–Kier alpha value is -1.10. The van der Waals surface area contributed by atoms with Crippen LogP contribution >= 0.6 is 0 Å². The van der Waals surface area contributed by atoms with Gasteiger partial charge in [0.05, 0.1) is 5.92 Å². The average Bonchev–Trinajstić information content (AvgIpc) is 2.79. The van der Waals surface area contributed by atoms with E-state index in [9.17, 15) is 9.59 Å². The molecule has 104 valence electrons. The molecule has 2 amide bonds. The van der Waals surface area contributed by atoms with E-state index in [1.54, 1.807) is 19.0 Å². The Kier molecular flexibility index (Phi) is 5.59. The number of hydrogen-bond donors (Lipinski definition) is 2. The largest absolute Gasteiger partial charge is 0.347 e. The monoisotopic (exact) mass is 255 g/mol. The first-order valence-corrected chi connectivity index (χ1v) is 6.64. The lowest BCUT2D eigenvalue weighted by molar-refractivity contribution is -0.135. The lowest BCUT2D eigenvalue weighted by Crippen LogP contribution is -2.48. The molecule has 5 nitrogen and oxygen atoms in total. The third kappa shape index (κ3) is 4.29. The Morgan fingerprint density at radius 2 is 2.06 bits per heavy atom. The molecule has 18 heavy (non-hydrogen) atoms. The Bertz CT molecular complexity index is 297. The molecule has 1 fully saturated rings. The number of rotatable bonds is 5. The molecule has 5 heteroatoms. The zero-order chi connectivity index (χ0) is 13.7. The maximum absolute atomic E-state index is 12.0. The van der Waals surface area contributed by atoms with E-state index in [-0.39, 0.29) is 17.7 Å². The van der Waals surface area contributed by atoms with Gasteiger partial charge in [-0.15, -0.1) is 0 Å². The Morgan fingerprint density at radius 1 is 1.39 bits per heavy atom. The first-order valence-electron chi connectivity index (χ1n) is 6.64. The fourth-order valence-corrected chi connectivity index (χ4v) is 2.17. The fraction of sp³-hybridized carbons (Fsp3) is 0.846. The van der Waals surface area contributed by atoms with Gasteiger partial charge in [-0.1, -0.05) is 13.8 Å². The van der Waals surface area contributed by atoms with Crippen LogP contribution < -0.4 is 10.6 Å². The van der Waals surface area contributed by atoms with Crippen molar-refractivity contribution >= 4 is 11.8 Å². The van der Waals surface area contributed by atoms with Crippen molar-refractivity contribution < 1.29 is 9.59 Å². The van der Waals surface area contributed by atoms with Crippen molar-refractivity contribution in [1.82, 2.24) is 15.5 Å². The molecule has 0 bridgehead atoms. The number of carbonyl (C=O) groups is 2. The number of nitrogens with zero attached hydrogens (tertiary/aromatic N) is 1. The molecule has 0 aromatic carbocycles. The van der Waals surface area contributed by atoms with Gasteiger partial charge in [0.2, 0.25) is 11.8 Å². The van der Waals surface area contributed by atoms with E-state index in [0.717, 1.165) is 19.5 Å². The molecule has 0 aromatic rings. The summed E-state index contributed by atoms with van der Waals surface area (Å²) in [5.41, 5.74) is 0. The van der Waals surface area contributed by atoms with Gasteiger partial charge < -0.3 is 15.5 Å². The molecular weight excluding hydrogens is 230 g/mol. The minimum atomic E-state index is -0.395. The van der Waals surface area contributed by atoms with Gasteiger partial charge in [0.25, 0.3) is 0 Å². The van der Waals surface area contributed by atoms with E-state index in [1.165, 1.54) is 0 Å². The summed E-state index contributed by atoms with van der Waals surface area (Å²) in [7, 11) is 3.44. The lowest BCUT2D eigenvalue weighted by atomic mass is 10.0. The standard InChI is InChI=1S/C13H25N3O2/c1-9(2)7-11(13(18)16(3)4)15-12(17)10-5-6-14-8-10/h9-11,14H,5-8H2,1-4H3,(H,15,17). The highest BCUT2D eigenvalue weighted by Gasteiger charge is 2.28. The molecule has 2 N–H and O–H groups in total. The van der Waals surface area contributed by atoms with E-state index >= 15 is 0 Å². The average molecular weight is 255 g/mol. The molecule has 0 saturated carbocycles. The van der Waals surface area contributed by atoms with Crippen LogP contribution in [-0.4, -0.2) is 49.9 Å². The smallest absolute Gasteiger partial charge is 0.244 e. The molecule has 0 spiro atoms. The fourth-order valence-electron chi connectivity index (χ4n) is 2.17. The SMILES string of the molecule is CC(C)CC(NC(=O)C1CCNC1)C(=O)N(C)C. The van der Waals surface area contributed by atoms with Crippen LogP contribution in [0.5, 0.6) is 0 Å².